The Balaban J connectivity index is 1.96. The van der Waals surface area contributed by atoms with Crippen molar-refractivity contribution < 1.29 is 4.74 Å². The van der Waals surface area contributed by atoms with E-state index < -0.39 is 11.2 Å². The van der Waals surface area contributed by atoms with Crippen molar-refractivity contribution in [3.05, 3.63) is 72.8 Å². The smallest absolute Gasteiger partial charge is 0.328 e. The highest BCUT2D eigenvalue weighted by Gasteiger charge is 2.12. The standard InChI is InChI=1S/C17H11Cl2N3O3/c18-11-7-12(19)15-13(8-11)22(17(24)21-16(15)23)5-6-25-14-4-2-1-3-10(14)9-20/h1-4,7-8H,5-6H2,(H,21,23,24). The van der Waals surface area contributed by atoms with Gasteiger partial charge in [0.2, 0.25) is 0 Å². The molecule has 0 atom stereocenters. The van der Waals surface area contributed by atoms with Crippen molar-refractivity contribution in [2.24, 2.45) is 0 Å². The number of halogens is 2. The number of hydrogen-bond acceptors (Lipinski definition) is 4. The normalized spacial score (nSPS) is 10.6. The lowest BCUT2D eigenvalue weighted by Gasteiger charge is -2.12. The summed E-state index contributed by atoms with van der Waals surface area (Å²) in [6.07, 6.45) is 0. The first-order valence-electron chi connectivity index (χ1n) is 7.25. The average molecular weight is 376 g/mol. The zero-order valence-electron chi connectivity index (χ0n) is 12.8. The number of aromatic amines is 1. The molecule has 8 heteroatoms. The fraction of sp³-hybridized carbons (Fsp3) is 0.118. The number of nitrogens with zero attached hydrogens (tertiary/aromatic N) is 2. The minimum Gasteiger partial charge on any atom is -0.490 e. The Morgan fingerprint density at radius 1 is 1.20 bits per heavy atom. The van der Waals surface area contributed by atoms with Crippen LogP contribution >= 0.6 is 23.2 Å². The largest absolute Gasteiger partial charge is 0.490 e. The first kappa shape index (κ1) is 17.1. The van der Waals surface area contributed by atoms with Gasteiger partial charge in [-0.3, -0.25) is 14.3 Å². The van der Waals surface area contributed by atoms with Crippen molar-refractivity contribution in [2.75, 3.05) is 6.61 Å². The predicted octanol–water partition coefficient (Wildman–Crippen LogP) is 2.95. The maximum atomic E-state index is 12.2. The van der Waals surface area contributed by atoms with Gasteiger partial charge in [0.1, 0.15) is 18.4 Å². The van der Waals surface area contributed by atoms with E-state index in [2.05, 4.69) is 4.98 Å². The number of nitriles is 1. The molecule has 0 aliphatic rings. The second-order valence-corrected chi connectivity index (χ2v) is 5.99. The summed E-state index contributed by atoms with van der Waals surface area (Å²) in [6, 6.07) is 11.8. The summed E-state index contributed by atoms with van der Waals surface area (Å²) in [7, 11) is 0. The molecule has 0 aliphatic carbocycles. The van der Waals surface area contributed by atoms with E-state index in [1.807, 2.05) is 6.07 Å². The van der Waals surface area contributed by atoms with Gasteiger partial charge >= 0.3 is 5.69 Å². The summed E-state index contributed by atoms with van der Waals surface area (Å²) in [6.45, 7) is 0.256. The minimum absolute atomic E-state index is 0.115. The molecule has 0 radical (unpaired) electrons. The van der Waals surface area contributed by atoms with Crippen molar-refractivity contribution in [1.29, 1.82) is 5.26 Å². The van der Waals surface area contributed by atoms with Gasteiger partial charge in [-0.15, -0.1) is 0 Å². The molecule has 1 aromatic heterocycles. The summed E-state index contributed by atoms with van der Waals surface area (Å²) < 4.78 is 6.91. The number of rotatable bonds is 4. The lowest BCUT2D eigenvalue weighted by Crippen LogP contribution is -2.32. The van der Waals surface area contributed by atoms with Crippen LogP contribution in [0.4, 0.5) is 0 Å². The minimum atomic E-state index is -0.590. The zero-order valence-corrected chi connectivity index (χ0v) is 14.3. The van der Waals surface area contributed by atoms with Crippen LogP contribution in [0.2, 0.25) is 10.0 Å². The van der Waals surface area contributed by atoms with E-state index in [1.165, 1.54) is 16.7 Å². The summed E-state index contributed by atoms with van der Waals surface area (Å²) in [5.41, 5.74) is -0.447. The number of H-pyrrole nitrogens is 1. The predicted molar refractivity (Wildman–Crippen MR) is 95.5 cm³/mol. The van der Waals surface area contributed by atoms with Crippen molar-refractivity contribution >= 4 is 34.1 Å². The topological polar surface area (TPSA) is 87.9 Å². The SMILES string of the molecule is N#Cc1ccccc1OCCn1c(=O)[nH]c(=O)c2c(Cl)cc(Cl)cc21. The molecule has 1 heterocycles. The molecule has 0 fully saturated rings. The molecule has 25 heavy (non-hydrogen) atoms. The number of benzene rings is 2. The summed E-state index contributed by atoms with van der Waals surface area (Å²) in [5.74, 6) is 0.419. The van der Waals surface area contributed by atoms with Crippen molar-refractivity contribution in [3.8, 4) is 11.8 Å². The van der Waals surface area contributed by atoms with Gasteiger partial charge in [-0.1, -0.05) is 35.3 Å². The van der Waals surface area contributed by atoms with Gasteiger partial charge in [-0.2, -0.15) is 5.26 Å². The zero-order chi connectivity index (χ0) is 18.0. The molecule has 0 amide bonds. The molecule has 0 unspecified atom stereocenters. The average Bonchev–Trinajstić information content (AvgIpc) is 2.57. The Morgan fingerprint density at radius 3 is 2.72 bits per heavy atom. The van der Waals surface area contributed by atoms with Gasteiger partial charge in [-0.05, 0) is 24.3 Å². The highest BCUT2D eigenvalue weighted by molar-refractivity contribution is 6.38. The van der Waals surface area contributed by atoms with E-state index in [1.54, 1.807) is 24.3 Å². The fourth-order valence-corrected chi connectivity index (χ4v) is 3.06. The molecule has 0 saturated heterocycles. The molecule has 0 bridgehead atoms. The molecule has 3 rings (SSSR count). The monoisotopic (exact) mass is 375 g/mol. The second kappa shape index (κ2) is 7.01. The van der Waals surface area contributed by atoms with Crippen LogP contribution in [0.5, 0.6) is 5.75 Å². The highest BCUT2D eigenvalue weighted by atomic mass is 35.5. The number of fused-ring (bicyclic) bond motifs is 1. The first-order valence-corrected chi connectivity index (χ1v) is 8.00. The van der Waals surface area contributed by atoms with Crippen LogP contribution in [0.3, 0.4) is 0 Å². The highest BCUT2D eigenvalue weighted by Crippen LogP contribution is 2.24. The lowest BCUT2D eigenvalue weighted by atomic mass is 10.2. The molecule has 1 N–H and O–H groups in total. The molecule has 126 valence electrons. The van der Waals surface area contributed by atoms with Gasteiger partial charge in [0.25, 0.3) is 5.56 Å². The molecular formula is C17H11Cl2N3O3. The molecular weight excluding hydrogens is 365 g/mol. The quantitative estimate of drug-likeness (QED) is 0.759. The molecule has 0 aliphatic heterocycles. The Bertz CT molecular complexity index is 1110. The Hall–Kier alpha value is -2.75. The van der Waals surface area contributed by atoms with Crippen molar-refractivity contribution in [1.82, 2.24) is 9.55 Å². The van der Waals surface area contributed by atoms with Gasteiger partial charge in [0, 0.05) is 5.02 Å². The second-order valence-electron chi connectivity index (χ2n) is 5.15. The third-order valence-corrected chi connectivity index (χ3v) is 4.11. The fourth-order valence-electron chi connectivity index (χ4n) is 2.49. The number of aromatic nitrogens is 2. The Kier molecular flexibility index (Phi) is 4.79. The number of nitrogens with one attached hydrogen (secondary N) is 1. The van der Waals surface area contributed by atoms with Crippen LogP contribution in [-0.4, -0.2) is 16.2 Å². The summed E-state index contributed by atoms with van der Waals surface area (Å²) >= 11 is 12.1. The van der Waals surface area contributed by atoms with E-state index in [-0.39, 0.29) is 23.6 Å². The molecule has 0 saturated carbocycles. The Morgan fingerprint density at radius 2 is 1.96 bits per heavy atom. The number of ether oxygens (including phenoxy) is 1. The van der Waals surface area contributed by atoms with Crippen LogP contribution in [-0.2, 0) is 6.54 Å². The van der Waals surface area contributed by atoms with E-state index in [0.29, 0.717) is 21.9 Å². The van der Waals surface area contributed by atoms with Crippen LogP contribution in [0.25, 0.3) is 10.9 Å². The van der Waals surface area contributed by atoms with Crippen LogP contribution in [0.15, 0.2) is 46.0 Å². The maximum Gasteiger partial charge on any atom is 0.328 e. The van der Waals surface area contributed by atoms with Gasteiger partial charge in [0.05, 0.1) is 28.0 Å². The van der Waals surface area contributed by atoms with Gasteiger partial charge < -0.3 is 4.74 Å². The summed E-state index contributed by atoms with van der Waals surface area (Å²) in [5, 5.41) is 9.71. The van der Waals surface area contributed by atoms with Crippen molar-refractivity contribution in [2.45, 2.75) is 6.54 Å². The number of hydrogen-bond donors (Lipinski definition) is 1. The van der Waals surface area contributed by atoms with Gasteiger partial charge in [0.15, 0.2) is 0 Å². The van der Waals surface area contributed by atoms with E-state index in [9.17, 15) is 9.59 Å². The number of para-hydroxylation sites is 1. The Labute approximate surface area is 151 Å². The third-order valence-electron chi connectivity index (χ3n) is 3.60. The van der Waals surface area contributed by atoms with Crippen molar-refractivity contribution in [3.63, 3.8) is 0 Å². The van der Waals surface area contributed by atoms with Gasteiger partial charge in [-0.25, -0.2) is 4.79 Å². The third kappa shape index (κ3) is 3.38. The van der Waals surface area contributed by atoms with Crippen LogP contribution < -0.4 is 16.0 Å². The molecule has 6 nitrogen and oxygen atoms in total. The molecule has 2 aromatic carbocycles. The molecule has 0 spiro atoms. The van der Waals surface area contributed by atoms with Crippen LogP contribution in [0.1, 0.15) is 5.56 Å². The van der Waals surface area contributed by atoms with E-state index >= 15 is 0 Å². The first-order chi connectivity index (χ1) is 12.0. The maximum absolute atomic E-state index is 12.2. The lowest BCUT2D eigenvalue weighted by molar-refractivity contribution is 0.297. The van der Waals surface area contributed by atoms with Crippen LogP contribution in [0, 0.1) is 11.3 Å². The van der Waals surface area contributed by atoms with E-state index in [4.69, 9.17) is 33.2 Å². The molecule has 3 aromatic rings. The van der Waals surface area contributed by atoms with E-state index in [0.717, 1.165) is 0 Å². The summed E-state index contributed by atoms with van der Waals surface area (Å²) in [4.78, 5) is 26.4.